The molecule has 1 atom stereocenters. The number of nitrogens with zero attached hydrogens (tertiary/aromatic N) is 3. The molecular formula is C29H29Cl2N3O4S2. The van der Waals surface area contributed by atoms with Crippen molar-refractivity contribution in [1.82, 2.24) is 14.7 Å². The molecule has 1 fully saturated rings. The molecule has 1 unspecified atom stereocenters. The number of thiocarbonyl (C=S) groups is 1. The summed E-state index contributed by atoms with van der Waals surface area (Å²) in [5, 5.41) is 0.993. The number of halogens is 2. The Kier molecular flexibility index (Phi) is 9.05. The van der Waals surface area contributed by atoms with E-state index in [9.17, 15) is 14.4 Å². The fourth-order valence-corrected chi connectivity index (χ4v) is 7.06. The fraction of sp³-hybridized carbons (Fsp3) is 0.379. The molecule has 0 saturated carbocycles. The average molecular weight is 619 g/mol. The average Bonchev–Trinajstić information content (AvgIpc) is 3.51. The first-order valence-electron chi connectivity index (χ1n) is 13.1. The molecule has 1 saturated heterocycles. The van der Waals surface area contributed by atoms with Crippen LogP contribution in [0.3, 0.4) is 0 Å². The van der Waals surface area contributed by atoms with E-state index in [0.29, 0.717) is 39.8 Å². The predicted octanol–water partition coefficient (Wildman–Crippen LogP) is 6.12. The van der Waals surface area contributed by atoms with Gasteiger partial charge in [0.2, 0.25) is 11.8 Å². The van der Waals surface area contributed by atoms with Crippen molar-refractivity contribution in [2.45, 2.75) is 38.3 Å². The van der Waals surface area contributed by atoms with Gasteiger partial charge in [0.1, 0.15) is 10.9 Å². The second kappa shape index (κ2) is 12.5. The zero-order valence-corrected chi connectivity index (χ0v) is 25.2. The van der Waals surface area contributed by atoms with Crippen LogP contribution in [0.1, 0.15) is 47.6 Å². The normalized spacial score (nSPS) is 18.6. The van der Waals surface area contributed by atoms with Crippen LogP contribution >= 0.6 is 47.2 Å². The summed E-state index contributed by atoms with van der Waals surface area (Å²) in [7, 11) is 1.77. The van der Waals surface area contributed by atoms with Crippen molar-refractivity contribution in [1.29, 1.82) is 0 Å². The van der Waals surface area contributed by atoms with Gasteiger partial charge in [-0.05, 0) is 71.4 Å². The van der Waals surface area contributed by atoms with E-state index in [4.69, 9.17) is 40.2 Å². The molecule has 2 aromatic rings. The van der Waals surface area contributed by atoms with Gasteiger partial charge in [-0.3, -0.25) is 14.5 Å². The Morgan fingerprint density at radius 2 is 1.93 bits per heavy atom. The maximum Gasteiger partial charge on any atom is 0.410 e. The predicted molar refractivity (Wildman–Crippen MR) is 162 cm³/mol. The summed E-state index contributed by atoms with van der Waals surface area (Å²) in [6.07, 6.45) is 4.43. The van der Waals surface area contributed by atoms with Crippen molar-refractivity contribution >= 4 is 75.0 Å². The van der Waals surface area contributed by atoms with E-state index in [1.165, 1.54) is 27.8 Å². The second-order valence-electron chi connectivity index (χ2n) is 10.1. The third-order valence-corrected chi connectivity index (χ3v) is 9.42. The van der Waals surface area contributed by atoms with Gasteiger partial charge in [-0.2, -0.15) is 0 Å². The van der Waals surface area contributed by atoms with Crippen LogP contribution in [0.25, 0.3) is 5.57 Å². The van der Waals surface area contributed by atoms with Crippen LogP contribution < -0.4 is 0 Å². The molecule has 5 rings (SSSR count). The van der Waals surface area contributed by atoms with Crippen LogP contribution in [0.4, 0.5) is 4.79 Å². The summed E-state index contributed by atoms with van der Waals surface area (Å²) in [5.41, 5.74) is 5.39. The lowest BCUT2D eigenvalue weighted by Crippen LogP contribution is -2.38. The molecule has 3 aliphatic rings. The number of hydrogen-bond acceptors (Lipinski definition) is 6. The number of carbonyl (C=O) groups is 3. The number of hydrogen-bond donors (Lipinski definition) is 0. The first-order chi connectivity index (χ1) is 19.2. The lowest BCUT2D eigenvalue weighted by molar-refractivity contribution is -0.131. The molecule has 11 heteroatoms. The van der Waals surface area contributed by atoms with Gasteiger partial charge in [0, 0.05) is 43.1 Å². The Morgan fingerprint density at radius 1 is 1.15 bits per heavy atom. The molecule has 2 aromatic carbocycles. The minimum Gasteiger partial charge on any atom is -0.445 e. The third-order valence-electron chi connectivity index (χ3n) is 7.55. The number of benzene rings is 2. The highest BCUT2D eigenvalue weighted by Gasteiger charge is 2.31. The number of amides is 3. The molecular weight excluding hydrogens is 589 g/mol. The molecule has 2 heterocycles. The molecule has 0 bridgehead atoms. The summed E-state index contributed by atoms with van der Waals surface area (Å²) >= 11 is 18.7. The smallest absolute Gasteiger partial charge is 0.410 e. The lowest BCUT2D eigenvalue weighted by Gasteiger charge is -2.28. The van der Waals surface area contributed by atoms with Crippen molar-refractivity contribution in [3.05, 3.63) is 74.8 Å². The Labute approximate surface area is 253 Å². The van der Waals surface area contributed by atoms with E-state index in [-0.39, 0.29) is 30.9 Å². The minimum atomic E-state index is -0.402. The Balaban J connectivity index is 1.19. The van der Waals surface area contributed by atoms with Gasteiger partial charge in [0.15, 0.2) is 0 Å². The summed E-state index contributed by atoms with van der Waals surface area (Å²) in [4.78, 5) is 42.6. The maximum absolute atomic E-state index is 12.9. The van der Waals surface area contributed by atoms with Crippen molar-refractivity contribution in [2.24, 2.45) is 0 Å². The Hall–Kier alpha value is -2.59. The first-order valence-corrected chi connectivity index (χ1v) is 15.3. The van der Waals surface area contributed by atoms with Crippen LogP contribution in [-0.4, -0.2) is 69.4 Å². The van der Waals surface area contributed by atoms with Crippen LogP contribution in [0, 0.1) is 0 Å². The van der Waals surface area contributed by atoms with Crippen molar-refractivity contribution in [3.8, 4) is 0 Å². The van der Waals surface area contributed by atoms with Gasteiger partial charge in [-0.25, -0.2) is 4.79 Å². The number of aryl methyl sites for hydroxylation is 1. The van der Waals surface area contributed by atoms with E-state index in [2.05, 4.69) is 24.3 Å². The molecule has 0 aromatic heterocycles. The minimum absolute atomic E-state index is 0.0246. The number of rotatable bonds is 7. The molecule has 2 aliphatic heterocycles. The number of ether oxygens (including phenoxy) is 1. The van der Waals surface area contributed by atoms with Crippen LogP contribution in [0.5, 0.6) is 0 Å². The quantitative estimate of drug-likeness (QED) is 0.349. The molecule has 1 aliphatic carbocycles. The van der Waals surface area contributed by atoms with E-state index in [1.54, 1.807) is 30.1 Å². The Morgan fingerprint density at radius 3 is 2.60 bits per heavy atom. The van der Waals surface area contributed by atoms with Crippen molar-refractivity contribution in [3.63, 3.8) is 0 Å². The molecule has 3 amide bonds. The summed E-state index contributed by atoms with van der Waals surface area (Å²) in [6.45, 7) is 1.58. The number of thioether (sulfide) groups is 1. The number of fused-ring (bicyclic) bond motifs is 1. The standard InChI is InChI=1S/C29H29Cl2N3O4S2/c1-32(28(37)38-16-18-12-22(30)15-23(31)13-18)25-5-4-20-2-3-21(14-24(20)25)19-6-9-33(10-7-19)26(35)8-11-34-27(36)17-40-29(34)39/h2-3,6,12-15,25H,4-5,7-11,16-17H2,1H3. The van der Waals surface area contributed by atoms with E-state index < -0.39 is 6.09 Å². The van der Waals surface area contributed by atoms with E-state index in [0.717, 1.165) is 36.0 Å². The Bertz CT molecular complexity index is 1360. The second-order valence-corrected chi connectivity index (χ2v) is 12.6. The van der Waals surface area contributed by atoms with Crippen molar-refractivity contribution < 1.29 is 19.1 Å². The van der Waals surface area contributed by atoms with E-state index >= 15 is 0 Å². The topological polar surface area (TPSA) is 70.2 Å². The monoisotopic (exact) mass is 617 g/mol. The van der Waals surface area contributed by atoms with Gasteiger partial charge in [0.25, 0.3) is 0 Å². The highest BCUT2D eigenvalue weighted by molar-refractivity contribution is 8.23. The highest BCUT2D eigenvalue weighted by Crippen LogP contribution is 2.38. The molecule has 210 valence electrons. The molecule has 0 radical (unpaired) electrons. The van der Waals surface area contributed by atoms with Crippen LogP contribution in [0.2, 0.25) is 10.0 Å². The zero-order valence-electron chi connectivity index (χ0n) is 22.0. The zero-order chi connectivity index (χ0) is 28.4. The summed E-state index contributed by atoms with van der Waals surface area (Å²) < 4.78 is 6.12. The van der Waals surface area contributed by atoms with Gasteiger partial charge < -0.3 is 14.5 Å². The number of carbonyl (C=O) groups excluding carboxylic acids is 3. The van der Waals surface area contributed by atoms with Gasteiger partial charge in [-0.1, -0.05) is 65.4 Å². The SMILES string of the molecule is CN(C(=O)OCc1cc(Cl)cc(Cl)c1)C1CCc2ccc(C3=CCN(C(=O)CCN4C(=O)CSC4=S)CC3)cc21. The van der Waals surface area contributed by atoms with Gasteiger partial charge in [0.05, 0.1) is 11.8 Å². The molecule has 7 nitrogen and oxygen atoms in total. The first kappa shape index (κ1) is 28.9. The molecule has 0 spiro atoms. The third kappa shape index (κ3) is 6.48. The lowest BCUT2D eigenvalue weighted by atomic mass is 9.95. The van der Waals surface area contributed by atoms with Crippen LogP contribution in [-0.2, 0) is 27.4 Å². The molecule has 0 N–H and O–H groups in total. The molecule has 40 heavy (non-hydrogen) atoms. The van der Waals surface area contributed by atoms with Gasteiger partial charge >= 0.3 is 6.09 Å². The van der Waals surface area contributed by atoms with Crippen molar-refractivity contribution in [2.75, 3.05) is 32.4 Å². The fourth-order valence-electron chi connectivity index (χ4n) is 5.37. The van der Waals surface area contributed by atoms with Crippen LogP contribution in [0.15, 0.2) is 42.5 Å². The maximum atomic E-state index is 12.9. The van der Waals surface area contributed by atoms with E-state index in [1.807, 2.05) is 4.90 Å². The largest absolute Gasteiger partial charge is 0.445 e. The highest BCUT2D eigenvalue weighted by atomic mass is 35.5. The summed E-state index contributed by atoms with van der Waals surface area (Å²) in [5.74, 6) is 0.361. The van der Waals surface area contributed by atoms with Gasteiger partial charge in [-0.15, -0.1) is 0 Å². The summed E-state index contributed by atoms with van der Waals surface area (Å²) in [6, 6.07) is 11.5.